The predicted octanol–water partition coefficient (Wildman–Crippen LogP) is 14.0. The average Bonchev–Trinajstić information content (AvgIpc) is 0.823. The fourth-order valence-corrected chi connectivity index (χ4v) is 15.6. The van der Waals surface area contributed by atoms with Crippen LogP contribution < -0.4 is 19.6 Å². The smallest absolute Gasteiger partial charge is 0.265 e. The van der Waals surface area contributed by atoms with Gasteiger partial charge in [-0.2, -0.15) is 0 Å². The van der Waals surface area contributed by atoms with Gasteiger partial charge in [0.25, 0.3) is 47.3 Å². The van der Waals surface area contributed by atoms with Crippen molar-refractivity contribution in [3.8, 4) is 0 Å². The van der Waals surface area contributed by atoms with E-state index in [0.29, 0.717) is 101 Å². The van der Waals surface area contributed by atoms with Gasteiger partial charge in [0.2, 0.25) is 0 Å². The second kappa shape index (κ2) is 20.2. The third-order valence-corrected chi connectivity index (χ3v) is 20.0. The molecule has 4 aliphatic heterocycles. The second-order valence-corrected chi connectivity index (χ2v) is 25.1. The molecule has 16 rings (SSSR count). The summed E-state index contributed by atoms with van der Waals surface area (Å²) in [6.07, 6.45) is 15.0. The van der Waals surface area contributed by atoms with Crippen molar-refractivity contribution in [3.63, 3.8) is 0 Å². The van der Waals surface area contributed by atoms with E-state index in [0.717, 1.165) is 136 Å². The number of rotatable bonds is 6. The molecule has 0 bridgehead atoms. The lowest BCUT2D eigenvalue weighted by atomic mass is 9.82. The summed E-state index contributed by atoms with van der Waals surface area (Å²) >= 11 is 0. The molecule has 12 nitrogen and oxygen atoms in total. The van der Waals surface area contributed by atoms with Crippen molar-refractivity contribution in [3.05, 3.63) is 209 Å². The topological polar surface area (TPSA) is 150 Å². The maximum absolute atomic E-state index is 14.2. The number of fused-ring (bicyclic) bond motifs is 4. The molecule has 0 spiro atoms. The molecule has 0 radical (unpaired) electrons. The van der Waals surface area contributed by atoms with Gasteiger partial charge >= 0.3 is 0 Å². The quantitative estimate of drug-likeness (QED) is 0.149. The van der Waals surface area contributed by atoms with Crippen molar-refractivity contribution in [2.45, 2.75) is 130 Å². The van der Waals surface area contributed by atoms with Crippen LogP contribution in [-0.4, -0.2) is 47.3 Å². The Labute approximate surface area is 498 Å². The minimum absolute atomic E-state index is 0.339. The molecule has 0 fully saturated rings. The number of carbonyl (C=O) groups excluding carboxylic acids is 8. The van der Waals surface area contributed by atoms with Gasteiger partial charge in [-0.15, -0.1) is 0 Å². The fourth-order valence-electron chi connectivity index (χ4n) is 15.6. The highest BCUT2D eigenvalue weighted by atomic mass is 16.2. The largest absolute Gasteiger partial charge is 0.268 e. The van der Waals surface area contributed by atoms with E-state index in [4.69, 9.17) is 0 Å². The van der Waals surface area contributed by atoms with Crippen LogP contribution in [0.15, 0.2) is 109 Å². The summed E-state index contributed by atoms with van der Waals surface area (Å²) < 4.78 is 0. The highest BCUT2D eigenvalue weighted by molar-refractivity contribution is 6.44. The molecule has 0 N–H and O–H groups in total. The van der Waals surface area contributed by atoms with Crippen molar-refractivity contribution >= 4 is 91.6 Å². The number of imide groups is 4. The average molecular weight is 1140 g/mol. The molecule has 0 saturated heterocycles. The van der Waals surface area contributed by atoms with Crippen molar-refractivity contribution < 1.29 is 38.4 Å². The van der Waals surface area contributed by atoms with E-state index in [1.807, 2.05) is 36.4 Å². The van der Waals surface area contributed by atoms with E-state index < -0.39 is 47.3 Å². The van der Waals surface area contributed by atoms with Gasteiger partial charge < -0.3 is 0 Å². The lowest BCUT2D eigenvalue weighted by Crippen LogP contribution is -2.44. The van der Waals surface area contributed by atoms with Gasteiger partial charge in [0.15, 0.2) is 0 Å². The lowest BCUT2D eigenvalue weighted by molar-refractivity contribution is 0.0872. The number of aryl methyl sites for hydroxylation is 6. The molecule has 4 aliphatic carbocycles. The van der Waals surface area contributed by atoms with E-state index in [2.05, 4.69) is 52.0 Å². The fraction of sp³-hybridized carbons (Fsp3) is 0.297. The predicted molar refractivity (Wildman–Crippen MR) is 333 cm³/mol. The molecule has 428 valence electrons. The normalized spacial score (nSPS) is 19.2. The molecule has 2 unspecified atom stereocenters. The summed E-state index contributed by atoms with van der Waals surface area (Å²) in [6.45, 7) is 8.55. The number of hydrogen-bond donors (Lipinski definition) is 0. The maximum Gasteiger partial charge on any atom is 0.265 e. The van der Waals surface area contributed by atoms with Crippen LogP contribution in [0, 0.1) is 11.8 Å². The molecule has 8 aliphatic rings. The van der Waals surface area contributed by atoms with Crippen LogP contribution in [-0.2, 0) is 64.2 Å². The molecule has 8 amide bonds. The molecule has 8 aromatic rings. The Kier molecular flexibility index (Phi) is 12.6. The Morgan fingerprint density at radius 2 is 0.616 bits per heavy atom. The van der Waals surface area contributed by atoms with Crippen molar-refractivity contribution in [1.29, 1.82) is 0 Å². The SMILES string of the molecule is CC1CCc2cccc(N3C(=O)c4ccc5c6c(ccc(c46)C3=O)C(=O)N(c3cccc4c3CC(C)CC4)C5=O)c2C1.CCc1cc2c(c(N3C(=O)c4ccc5c6c(ccc(c46)C3=O)C(=O)N(c3cc(CC)cc4c3CCCC4)C5=O)c1)CCCC2. The number of benzene rings is 8. The summed E-state index contributed by atoms with van der Waals surface area (Å²) in [5, 5.41) is 1.63. The Morgan fingerprint density at radius 3 is 0.919 bits per heavy atom. The Hall–Kier alpha value is -9.16. The first-order chi connectivity index (χ1) is 41.7. The first-order valence-corrected chi connectivity index (χ1v) is 31.0. The summed E-state index contributed by atoms with van der Waals surface area (Å²) in [4.78, 5) is 119. The Morgan fingerprint density at radius 1 is 0.326 bits per heavy atom. The van der Waals surface area contributed by atoms with Crippen LogP contribution in [0.1, 0.15) is 205 Å². The standard InChI is InChI=1S/C38H34N2O4.C36H30N2O4/c1-3-21-17-23-9-5-7-11-25(23)31(19-21)39-35(41)27-13-15-29-34-30(16-14-28(33(27)34)36(39)42)38(44)40(37(29)43)32-20-22(4-2)18-24-10-6-8-12-26(24)32;1-19-9-11-21-5-3-7-29(27(21)17-19)37-33(39)23-13-15-25-32-26(16-14-24(31(23)32)34(37)40)36(42)38(35(25)41)30-8-4-6-22-12-10-20(2)18-28(22)30/h13-20H,3-12H2,1-2H3;3-8,13-16,19-20H,9-12,17-18H2,1-2H3. The van der Waals surface area contributed by atoms with E-state index in [-0.39, 0.29) is 0 Å². The highest BCUT2D eigenvalue weighted by Crippen LogP contribution is 2.47. The van der Waals surface area contributed by atoms with Gasteiger partial charge in [-0.3, -0.25) is 38.4 Å². The van der Waals surface area contributed by atoms with Crippen molar-refractivity contribution in [1.82, 2.24) is 0 Å². The molecule has 12 heteroatoms. The second-order valence-electron chi connectivity index (χ2n) is 25.1. The number of amides is 8. The van der Waals surface area contributed by atoms with E-state index in [1.165, 1.54) is 41.9 Å². The molecule has 8 aromatic carbocycles. The van der Waals surface area contributed by atoms with Crippen molar-refractivity contribution in [2.24, 2.45) is 11.8 Å². The van der Waals surface area contributed by atoms with Gasteiger partial charge in [-0.05, 0) is 243 Å². The van der Waals surface area contributed by atoms with E-state index >= 15 is 0 Å². The van der Waals surface area contributed by atoms with Gasteiger partial charge in [-0.25, -0.2) is 19.6 Å². The molecule has 86 heavy (non-hydrogen) atoms. The Balaban J connectivity index is 0.000000145. The third kappa shape index (κ3) is 7.93. The molecular formula is C74H64N4O8. The minimum Gasteiger partial charge on any atom is -0.268 e. The Bertz CT molecular complexity index is 4050. The number of anilines is 4. The summed E-state index contributed by atoms with van der Waals surface area (Å²) in [5.74, 6) is -2.37. The number of carbonyl (C=O) groups is 8. The van der Waals surface area contributed by atoms with Crippen LogP contribution in [0.2, 0.25) is 0 Å². The first-order valence-electron chi connectivity index (χ1n) is 31.0. The first kappa shape index (κ1) is 53.6. The van der Waals surface area contributed by atoms with Crippen LogP contribution in [0.4, 0.5) is 22.7 Å². The van der Waals surface area contributed by atoms with Crippen LogP contribution >= 0.6 is 0 Å². The number of hydrogen-bond acceptors (Lipinski definition) is 8. The molecular weight excluding hydrogens is 1070 g/mol. The summed E-state index contributed by atoms with van der Waals surface area (Å²) in [7, 11) is 0. The molecule has 0 aromatic heterocycles. The van der Waals surface area contributed by atoms with Gasteiger partial charge in [-0.1, -0.05) is 64.1 Å². The zero-order chi connectivity index (χ0) is 59.1. The number of nitrogens with zero attached hydrogens (tertiary/aromatic N) is 4. The molecule has 4 heterocycles. The van der Waals surface area contributed by atoms with Gasteiger partial charge in [0.05, 0.1) is 22.7 Å². The van der Waals surface area contributed by atoms with E-state index in [9.17, 15) is 38.4 Å². The molecule has 0 saturated carbocycles. The summed E-state index contributed by atoms with van der Waals surface area (Å²) in [5.41, 5.74) is 16.6. The van der Waals surface area contributed by atoms with Crippen LogP contribution in [0.5, 0.6) is 0 Å². The lowest BCUT2D eigenvalue weighted by Gasteiger charge is -2.35. The zero-order valence-corrected chi connectivity index (χ0v) is 48.9. The van der Waals surface area contributed by atoms with E-state index in [1.54, 1.807) is 48.5 Å². The molecule has 2 atom stereocenters. The van der Waals surface area contributed by atoms with Crippen LogP contribution in [0.3, 0.4) is 0 Å². The highest BCUT2D eigenvalue weighted by Gasteiger charge is 2.45. The monoisotopic (exact) mass is 1140 g/mol. The van der Waals surface area contributed by atoms with Gasteiger partial charge in [0.1, 0.15) is 0 Å². The van der Waals surface area contributed by atoms with Gasteiger partial charge in [0, 0.05) is 66.1 Å². The van der Waals surface area contributed by atoms with Crippen molar-refractivity contribution in [2.75, 3.05) is 19.6 Å². The third-order valence-electron chi connectivity index (χ3n) is 20.0. The maximum atomic E-state index is 14.2. The minimum atomic E-state index is -0.420. The summed E-state index contributed by atoms with van der Waals surface area (Å²) in [6, 6.07) is 33.4. The van der Waals surface area contributed by atoms with Crippen LogP contribution in [0.25, 0.3) is 21.5 Å². The zero-order valence-electron chi connectivity index (χ0n) is 48.9.